The second kappa shape index (κ2) is 8.83. The molecule has 2 aromatic carbocycles. The van der Waals surface area contributed by atoms with Crippen LogP contribution in [0.25, 0.3) is 0 Å². The highest BCUT2D eigenvalue weighted by molar-refractivity contribution is 5.81. The van der Waals surface area contributed by atoms with Gasteiger partial charge in [0.05, 0.1) is 11.6 Å². The van der Waals surface area contributed by atoms with E-state index in [9.17, 15) is 4.79 Å². The molecule has 2 N–H and O–H groups in total. The average Bonchev–Trinajstić information content (AvgIpc) is 2.69. The Kier molecular flexibility index (Phi) is 6.26. The van der Waals surface area contributed by atoms with Gasteiger partial charge in [-0.3, -0.25) is 9.69 Å². The van der Waals surface area contributed by atoms with Gasteiger partial charge in [-0.15, -0.1) is 0 Å². The van der Waals surface area contributed by atoms with Crippen molar-refractivity contribution >= 4 is 5.91 Å². The van der Waals surface area contributed by atoms with Crippen LogP contribution >= 0.6 is 0 Å². The number of aryl methyl sites for hydroxylation is 2. The summed E-state index contributed by atoms with van der Waals surface area (Å²) in [6, 6.07) is 17.7. The number of hydrogen-bond donors (Lipinski definition) is 1. The minimum absolute atomic E-state index is 0.321. The number of amides is 1. The smallest absolute Gasteiger partial charge is 0.239 e. The maximum atomic E-state index is 12.1. The van der Waals surface area contributed by atoms with Crippen molar-refractivity contribution in [3.05, 3.63) is 70.8 Å². The molecular formula is C23H27N3O. The van der Waals surface area contributed by atoms with E-state index >= 15 is 0 Å². The maximum Gasteiger partial charge on any atom is 0.239 e. The maximum absolute atomic E-state index is 12.1. The summed E-state index contributed by atoms with van der Waals surface area (Å²) in [7, 11) is 0. The predicted octanol–water partition coefficient (Wildman–Crippen LogP) is 3.74. The van der Waals surface area contributed by atoms with Gasteiger partial charge in [0.1, 0.15) is 6.04 Å². The van der Waals surface area contributed by atoms with Crippen LogP contribution in [0.15, 0.2) is 48.5 Å². The van der Waals surface area contributed by atoms with Crippen molar-refractivity contribution in [1.82, 2.24) is 4.90 Å². The van der Waals surface area contributed by atoms with E-state index in [-0.39, 0.29) is 5.91 Å². The van der Waals surface area contributed by atoms with Crippen molar-refractivity contribution in [3.63, 3.8) is 0 Å². The molecule has 0 saturated carbocycles. The largest absolute Gasteiger partial charge is 0.368 e. The number of carbonyl (C=O) groups is 1. The van der Waals surface area contributed by atoms with E-state index in [1.54, 1.807) is 12.1 Å². The normalized spacial score (nSPS) is 16.6. The van der Waals surface area contributed by atoms with E-state index in [1.807, 2.05) is 12.1 Å². The molecule has 0 radical (unpaired) electrons. The van der Waals surface area contributed by atoms with Gasteiger partial charge in [-0.2, -0.15) is 5.26 Å². The van der Waals surface area contributed by atoms with Gasteiger partial charge in [-0.25, -0.2) is 0 Å². The van der Waals surface area contributed by atoms with Crippen molar-refractivity contribution in [2.24, 2.45) is 11.7 Å². The fourth-order valence-electron chi connectivity index (χ4n) is 3.92. The van der Waals surface area contributed by atoms with Crippen LogP contribution in [-0.2, 0) is 11.2 Å². The van der Waals surface area contributed by atoms with Gasteiger partial charge in [0.25, 0.3) is 0 Å². The summed E-state index contributed by atoms with van der Waals surface area (Å²) in [5.41, 5.74) is 9.87. The minimum atomic E-state index is -0.407. The molecule has 1 unspecified atom stereocenters. The zero-order valence-corrected chi connectivity index (χ0v) is 15.9. The molecule has 1 fully saturated rings. The second-order valence-corrected chi connectivity index (χ2v) is 7.54. The van der Waals surface area contributed by atoms with Crippen LogP contribution in [0.3, 0.4) is 0 Å². The van der Waals surface area contributed by atoms with Crippen molar-refractivity contribution in [2.75, 3.05) is 13.1 Å². The zero-order chi connectivity index (χ0) is 19.2. The third kappa shape index (κ3) is 4.96. The number of nitriles is 1. The number of nitrogens with two attached hydrogens (primary N) is 1. The van der Waals surface area contributed by atoms with Gasteiger partial charge in [-0.1, -0.05) is 42.0 Å². The lowest BCUT2D eigenvalue weighted by Gasteiger charge is -2.36. The summed E-state index contributed by atoms with van der Waals surface area (Å²) in [6.07, 6.45) is 4.48. The van der Waals surface area contributed by atoms with Crippen LogP contribution in [-0.4, -0.2) is 23.9 Å². The molecule has 4 nitrogen and oxygen atoms in total. The summed E-state index contributed by atoms with van der Waals surface area (Å²) < 4.78 is 0. The van der Waals surface area contributed by atoms with Crippen LogP contribution in [0.4, 0.5) is 0 Å². The Morgan fingerprint density at radius 3 is 2.33 bits per heavy atom. The van der Waals surface area contributed by atoms with Crippen LogP contribution in [0.1, 0.15) is 47.6 Å². The predicted molar refractivity (Wildman–Crippen MR) is 107 cm³/mol. The van der Waals surface area contributed by atoms with Crippen molar-refractivity contribution in [2.45, 2.75) is 38.6 Å². The Bertz CT molecular complexity index is 797. The van der Waals surface area contributed by atoms with Crippen LogP contribution in [0.2, 0.25) is 0 Å². The summed E-state index contributed by atoms with van der Waals surface area (Å²) in [5, 5.41) is 8.95. The van der Waals surface area contributed by atoms with E-state index in [2.05, 4.69) is 42.2 Å². The van der Waals surface area contributed by atoms with Gasteiger partial charge >= 0.3 is 0 Å². The molecule has 1 amide bonds. The molecule has 3 rings (SSSR count). The van der Waals surface area contributed by atoms with Crippen LogP contribution < -0.4 is 5.73 Å². The second-order valence-electron chi connectivity index (χ2n) is 7.54. The first-order chi connectivity index (χ1) is 13.1. The summed E-state index contributed by atoms with van der Waals surface area (Å²) in [6.45, 7) is 3.88. The molecular weight excluding hydrogens is 334 g/mol. The number of rotatable bonds is 6. The zero-order valence-electron chi connectivity index (χ0n) is 15.9. The number of hydrogen-bond acceptors (Lipinski definition) is 3. The summed E-state index contributed by atoms with van der Waals surface area (Å²) in [5.74, 6) is 0.370. The summed E-state index contributed by atoms with van der Waals surface area (Å²) >= 11 is 0. The molecule has 0 spiro atoms. The molecule has 1 saturated heterocycles. The lowest BCUT2D eigenvalue weighted by Crippen LogP contribution is -2.42. The average molecular weight is 361 g/mol. The molecule has 0 aromatic heterocycles. The fraction of sp³-hybridized carbons (Fsp3) is 0.391. The van der Waals surface area contributed by atoms with Gasteiger partial charge in [0.15, 0.2) is 0 Å². The first-order valence-corrected chi connectivity index (χ1v) is 9.66. The number of benzene rings is 2. The molecule has 1 aliphatic rings. The third-order valence-corrected chi connectivity index (χ3v) is 5.60. The summed E-state index contributed by atoms with van der Waals surface area (Å²) in [4.78, 5) is 14.3. The monoisotopic (exact) mass is 361 g/mol. The van der Waals surface area contributed by atoms with E-state index in [4.69, 9.17) is 11.0 Å². The first-order valence-electron chi connectivity index (χ1n) is 9.66. The SMILES string of the molecule is Cc1ccc(CCC2CCN(C(C(N)=O)c3ccc(C#N)cc3)CC2)cc1. The quantitative estimate of drug-likeness (QED) is 0.852. The lowest BCUT2D eigenvalue weighted by atomic mass is 9.89. The Hall–Kier alpha value is -2.64. The van der Waals surface area contributed by atoms with E-state index in [0.717, 1.165) is 37.9 Å². The van der Waals surface area contributed by atoms with Gasteiger partial charge < -0.3 is 5.73 Å². The first kappa shape index (κ1) is 19.1. The molecule has 140 valence electrons. The van der Waals surface area contributed by atoms with Crippen molar-refractivity contribution in [3.8, 4) is 6.07 Å². The molecule has 2 aromatic rings. The Labute approximate surface area is 161 Å². The number of piperidine rings is 1. The van der Waals surface area contributed by atoms with Crippen LogP contribution in [0.5, 0.6) is 0 Å². The molecule has 27 heavy (non-hydrogen) atoms. The van der Waals surface area contributed by atoms with E-state index in [1.165, 1.54) is 17.5 Å². The fourth-order valence-corrected chi connectivity index (χ4v) is 3.92. The molecule has 0 aliphatic carbocycles. The number of primary amides is 1. The Morgan fingerprint density at radius 2 is 1.78 bits per heavy atom. The molecule has 1 heterocycles. The van der Waals surface area contributed by atoms with Crippen molar-refractivity contribution in [1.29, 1.82) is 5.26 Å². The van der Waals surface area contributed by atoms with E-state index < -0.39 is 6.04 Å². The number of nitrogens with zero attached hydrogens (tertiary/aromatic N) is 2. The molecule has 1 atom stereocenters. The van der Waals surface area contributed by atoms with E-state index in [0.29, 0.717) is 11.5 Å². The highest BCUT2D eigenvalue weighted by Crippen LogP contribution is 2.29. The number of carbonyl (C=O) groups excluding carboxylic acids is 1. The highest BCUT2D eigenvalue weighted by Gasteiger charge is 2.29. The molecule has 1 aliphatic heterocycles. The minimum Gasteiger partial charge on any atom is -0.368 e. The van der Waals surface area contributed by atoms with Crippen molar-refractivity contribution < 1.29 is 4.79 Å². The highest BCUT2D eigenvalue weighted by atomic mass is 16.1. The van der Waals surface area contributed by atoms with Gasteiger partial charge in [0.2, 0.25) is 5.91 Å². The van der Waals surface area contributed by atoms with Crippen LogP contribution in [0, 0.1) is 24.2 Å². The number of likely N-dealkylation sites (tertiary alicyclic amines) is 1. The molecule has 0 bridgehead atoms. The third-order valence-electron chi connectivity index (χ3n) is 5.60. The Balaban J connectivity index is 1.56. The standard InChI is InChI=1S/C23H27N3O/c1-17-2-4-18(5-3-17)6-7-19-12-14-26(15-13-19)22(23(25)27)21-10-8-20(16-24)9-11-21/h2-5,8-11,19,22H,6-7,12-15H2,1H3,(H2,25,27). The lowest BCUT2D eigenvalue weighted by molar-refractivity contribution is -0.124. The van der Waals surface area contributed by atoms with Gasteiger partial charge in [0, 0.05) is 0 Å². The Morgan fingerprint density at radius 1 is 1.15 bits per heavy atom. The topological polar surface area (TPSA) is 70.1 Å². The molecule has 4 heteroatoms. The van der Waals surface area contributed by atoms with Gasteiger partial charge in [-0.05, 0) is 74.9 Å².